The molecule has 6 nitrogen and oxygen atoms in total. The lowest BCUT2D eigenvalue weighted by Crippen LogP contribution is -2.37. The molecule has 120 valence electrons. The zero-order valence-electron chi connectivity index (χ0n) is 13.0. The molecule has 0 aliphatic heterocycles. The van der Waals surface area contributed by atoms with Gasteiger partial charge in [-0.25, -0.2) is 4.79 Å². The van der Waals surface area contributed by atoms with Crippen LogP contribution < -0.4 is 14.8 Å². The fourth-order valence-corrected chi connectivity index (χ4v) is 2.27. The van der Waals surface area contributed by atoms with Crippen molar-refractivity contribution in [1.29, 1.82) is 0 Å². The number of carbonyl (C=O) groups is 2. The van der Waals surface area contributed by atoms with E-state index in [2.05, 4.69) is 5.32 Å². The van der Waals surface area contributed by atoms with E-state index in [-0.39, 0.29) is 24.1 Å². The second kappa shape index (κ2) is 7.15. The molecule has 1 aliphatic rings. The zero-order valence-corrected chi connectivity index (χ0v) is 13.0. The predicted molar refractivity (Wildman–Crippen MR) is 80.2 cm³/mol. The number of rotatable bonds is 7. The molecule has 0 unspecified atom stereocenters. The molecule has 1 amide bonds. The fraction of sp³-hybridized carbons (Fsp3) is 0.500. The molecule has 0 saturated heterocycles. The first-order valence-corrected chi connectivity index (χ1v) is 7.24. The van der Waals surface area contributed by atoms with Crippen LogP contribution in [0.1, 0.15) is 30.1 Å². The van der Waals surface area contributed by atoms with Crippen molar-refractivity contribution < 1.29 is 23.8 Å². The molecule has 1 saturated carbocycles. The van der Waals surface area contributed by atoms with Gasteiger partial charge in [0.15, 0.2) is 18.1 Å². The van der Waals surface area contributed by atoms with E-state index >= 15 is 0 Å². The molecule has 0 spiro atoms. The van der Waals surface area contributed by atoms with Gasteiger partial charge in [-0.15, -0.1) is 0 Å². The van der Waals surface area contributed by atoms with Gasteiger partial charge in [-0.05, 0) is 37.8 Å². The van der Waals surface area contributed by atoms with E-state index in [4.69, 9.17) is 14.2 Å². The van der Waals surface area contributed by atoms with E-state index in [0.29, 0.717) is 17.4 Å². The van der Waals surface area contributed by atoms with E-state index < -0.39 is 5.97 Å². The number of esters is 1. The summed E-state index contributed by atoms with van der Waals surface area (Å²) in [6.45, 7) is 1.65. The first-order valence-electron chi connectivity index (χ1n) is 7.24. The molecule has 1 fully saturated rings. The summed E-state index contributed by atoms with van der Waals surface area (Å²) < 4.78 is 15.3. The molecular weight excluding hydrogens is 286 g/mol. The number of hydrogen-bond donors (Lipinski definition) is 1. The molecule has 0 aromatic heterocycles. The lowest BCUT2D eigenvalue weighted by Gasteiger charge is -2.14. The van der Waals surface area contributed by atoms with Crippen LogP contribution in [0.3, 0.4) is 0 Å². The topological polar surface area (TPSA) is 73.9 Å². The van der Waals surface area contributed by atoms with Crippen LogP contribution in [0, 0.1) is 5.92 Å². The molecule has 2 rings (SSSR count). The highest BCUT2D eigenvalue weighted by Crippen LogP contribution is 2.32. The van der Waals surface area contributed by atoms with Gasteiger partial charge in [-0.2, -0.15) is 0 Å². The maximum absolute atomic E-state index is 12.1. The van der Waals surface area contributed by atoms with Gasteiger partial charge in [0, 0.05) is 6.04 Å². The zero-order chi connectivity index (χ0) is 16.1. The Morgan fingerprint density at radius 2 is 2.00 bits per heavy atom. The number of para-hydroxylation sites is 1. The Labute approximate surface area is 129 Å². The largest absolute Gasteiger partial charge is 0.493 e. The van der Waals surface area contributed by atoms with Crippen LogP contribution in [0.2, 0.25) is 0 Å². The van der Waals surface area contributed by atoms with Crippen molar-refractivity contribution in [2.45, 2.75) is 25.8 Å². The maximum atomic E-state index is 12.1. The summed E-state index contributed by atoms with van der Waals surface area (Å²) in [6.07, 6.45) is 2.28. The van der Waals surface area contributed by atoms with E-state index in [1.54, 1.807) is 18.2 Å². The molecule has 1 aliphatic carbocycles. The van der Waals surface area contributed by atoms with Gasteiger partial charge in [-0.1, -0.05) is 6.07 Å². The monoisotopic (exact) mass is 307 g/mol. The highest BCUT2D eigenvalue weighted by Gasteiger charge is 2.29. The minimum absolute atomic E-state index is 0.123. The van der Waals surface area contributed by atoms with E-state index in [1.807, 2.05) is 6.92 Å². The molecule has 1 aromatic rings. The van der Waals surface area contributed by atoms with E-state index in [0.717, 1.165) is 12.8 Å². The maximum Gasteiger partial charge on any atom is 0.342 e. The van der Waals surface area contributed by atoms with Gasteiger partial charge >= 0.3 is 5.97 Å². The summed E-state index contributed by atoms with van der Waals surface area (Å²) in [5.74, 6) is 0.364. The Kier molecular flexibility index (Phi) is 5.25. The molecule has 0 bridgehead atoms. The van der Waals surface area contributed by atoms with Gasteiger partial charge in [0.1, 0.15) is 5.56 Å². The Morgan fingerprint density at radius 1 is 1.27 bits per heavy atom. The van der Waals surface area contributed by atoms with Gasteiger partial charge in [0.2, 0.25) is 0 Å². The lowest BCUT2D eigenvalue weighted by atomic mass is 10.2. The summed E-state index contributed by atoms with van der Waals surface area (Å²) in [7, 11) is 2.93. The quantitative estimate of drug-likeness (QED) is 0.777. The molecule has 1 aromatic carbocycles. The molecule has 22 heavy (non-hydrogen) atoms. The highest BCUT2D eigenvalue weighted by molar-refractivity contribution is 5.95. The van der Waals surface area contributed by atoms with Crippen molar-refractivity contribution in [2.24, 2.45) is 5.92 Å². The lowest BCUT2D eigenvalue weighted by molar-refractivity contribution is -0.125. The highest BCUT2D eigenvalue weighted by atomic mass is 16.5. The third-order valence-electron chi connectivity index (χ3n) is 3.67. The predicted octanol–water partition coefficient (Wildman–Crippen LogP) is 1.78. The van der Waals surface area contributed by atoms with Crippen molar-refractivity contribution in [3.05, 3.63) is 23.8 Å². The van der Waals surface area contributed by atoms with Crippen molar-refractivity contribution in [3.8, 4) is 11.5 Å². The second-order valence-corrected chi connectivity index (χ2v) is 5.31. The van der Waals surface area contributed by atoms with Crippen molar-refractivity contribution in [2.75, 3.05) is 20.8 Å². The number of ether oxygens (including phenoxy) is 3. The Hall–Kier alpha value is -2.24. The van der Waals surface area contributed by atoms with Gasteiger partial charge in [0.25, 0.3) is 5.91 Å². The normalized spacial score (nSPS) is 14.9. The van der Waals surface area contributed by atoms with Crippen molar-refractivity contribution >= 4 is 11.9 Å². The first-order chi connectivity index (χ1) is 10.6. The smallest absolute Gasteiger partial charge is 0.342 e. The van der Waals surface area contributed by atoms with Crippen LogP contribution in [0.5, 0.6) is 11.5 Å². The number of nitrogens with one attached hydrogen (secondary N) is 1. The van der Waals surface area contributed by atoms with E-state index in [9.17, 15) is 9.59 Å². The Balaban J connectivity index is 1.93. The van der Waals surface area contributed by atoms with Crippen LogP contribution >= 0.6 is 0 Å². The summed E-state index contributed by atoms with van der Waals surface area (Å²) in [6, 6.07) is 5.03. The molecule has 0 radical (unpaired) electrons. The Bertz CT molecular complexity index is 553. The van der Waals surface area contributed by atoms with Crippen molar-refractivity contribution in [3.63, 3.8) is 0 Å². The third kappa shape index (κ3) is 3.90. The number of amides is 1. The Morgan fingerprint density at radius 3 is 2.59 bits per heavy atom. The molecule has 6 heteroatoms. The average molecular weight is 307 g/mol. The standard InChI is InChI=1S/C16H21NO5/c1-10(11-7-8-11)17-14(18)9-22-16(19)12-5-4-6-13(20-2)15(12)21-3/h4-6,10-11H,7-9H2,1-3H3,(H,17,18)/t10-/m0/s1. The number of benzene rings is 1. The van der Waals surface area contributed by atoms with Crippen LogP contribution in [0.15, 0.2) is 18.2 Å². The van der Waals surface area contributed by atoms with Crippen LogP contribution in [0.4, 0.5) is 0 Å². The summed E-state index contributed by atoms with van der Waals surface area (Å²) in [5, 5.41) is 2.83. The van der Waals surface area contributed by atoms with Gasteiger partial charge in [0.05, 0.1) is 14.2 Å². The van der Waals surface area contributed by atoms with E-state index in [1.165, 1.54) is 14.2 Å². The minimum atomic E-state index is -0.620. The second-order valence-electron chi connectivity index (χ2n) is 5.31. The molecule has 1 N–H and O–H groups in total. The summed E-state index contributed by atoms with van der Waals surface area (Å²) in [4.78, 5) is 23.8. The number of carbonyl (C=O) groups excluding carboxylic acids is 2. The average Bonchev–Trinajstić information content (AvgIpc) is 3.36. The third-order valence-corrected chi connectivity index (χ3v) is 3.67. The number of methoxy groups -OCH3 is 2. The van der Waals surface area contributed by atoms with Gasteiger partial charge < -0.3 is 19.5 Å². The molecule has 1 atom stereocenters. The SMILES string of the molecule is COc1cccc(C(=O)OCC(=O)N[C@@H](C)C2CC2)c1OC. The van der Waals surface area contributed by atoms with Gasteiger partial charge in [-0.3, -0.25) is 4.79 Å². The van der Waals surface area contributed by atoms with Crippen LogP contribution in [0.25, 0.3) is 0 Å². The fourth-order valence-electron chi connectivity index (χ4n) is 2.27. The van der Waals surface area contributed by atoms with Crippen molar-refractivity contribution in [1.82, 2.24) is 5.32 Å². The molecule has 0 heterocycles. The van der Waals surface area contributed by atoms with Crippen LogP contribution in [-0.4, -0.2) is 38.7 Å². The minimum Gasteiger partial charge on any atom is -0.493 e. The summed E-state index contributed by atoms with van der Waals surface area (Å²) >= 11 is 0. The first kappa shape index (κ1) is 16.1. The molecular formula is C16H21NO5. The van der Waals surface area contributed by atoms with Crippen LogP contribution in [-0.2, 0) is 9.53 Å². The number of hydrogen-bond acceptors (Lipinski definition) is 5. The summed E-state index contributed by atoms with van der Waals surface area (Å²) in [5.41, 5.74) is 0.227.